The number of carbonyl (C=O) groups is 2. The summed E-state index contributed by atoms with van der Waals surface area (Å²) in [5.74, 6) is -1.14. The molecule has 2 aromatic heterocycles. The Balaban J connectivity index is 0. The van der Waals surface area contributed by atoms with Crippen LogP contribution in [0.5, 0.6) is 0 Å². The molecule has 0 unspecified atom stereocenters. The number of nitrogen functional groups attached to an aromatic ring is 1. The van der Waals surface area contributed by atoms with Crippen molar-refractivity contribution in [2.75, 3.05) is 11.1 Å². The fraction of sp³-hybridized carbons (Fsp3) is 0. The molecule has 0 aliphatic carbocycles. The number of nitrogens with two attached hydrogens (primary N) is 2. The highest BCUT2D eigenvalue weighted by atomic mass is 16.2. The van der Waals surface area contributed by atoms with Gasteiger partial charge >= 0.3 is 0 Å². The SMILES string of the molecule is NC(=O)c1cccc(NC(=O)c2nc(-c3cccnc3)cnc2N)c1.[HH].[HH].[HH].[HH]. The number of aromatic nitrogens is 3. The molecule has 2 heterocycles. The smallest absolute Gasteiger partial charge is 0.278 e. The van der Waals surface area contributed by atoms with Gasteiger partial charge in [0.1, 0.15) is 0 Å². The third kappa shape index (κ3) is 3.58. The lowest BCUT2D eigenvalue weighted by atomic mass is 10.2. The first-order chi connectivity index (χ1) is 12.0. The number of benzene rings is 1. The summed E-state index contributed by atoms with van der Waals surface area (Å²) >= 11 is 0. The number of nitrogens with zero attached hydrogens (tertiary/aromatic N) is 3. The predicted molar refractivity (Wildman–Crippen MR) is 101 cm³/mol. The van der Waals surface area contributed by atoms with Crippen LogP contribution in [0.3, 0.4) is 0 Å². The van der Waals surface area contributed by atoms with E-state index in [1.165, 1.54) is 12.3 Å². The summed E-state index contributed by atoms with van der Waals surface area (Å²) in [5.41, 5.74) is 12.8. The maximum Gasteiger partial charge on any atom is 0.278 e. The molecule has 3 aromatic rings. The molecule has 0 saturated heterocycles. The van der Waals surface area contributed by atoms with Gasteiger partial charge in [-0.15, -0.1) is 0 Å². The van der Waals surface area contributed by atoms with Gasteiger partial charge in [0.25, 0.3) is 5.91 Å². The van der Waals surface area contributed by atoms with Crippen LogP contribution < -0.4 is 16.8 Å². The summed E-state index contributed by atoms with van der Waals surface area (Å²) in [7, 11) is 0. The quantitative estimate of drug-likeness (QED) is 0.666. The molecule has 0 saturated carbocycles. The number of anilines is 2. The molecule has 0 radical (unpaired) electrons. The summed E-state index contributed by atoms with van der Waals surface area (Å²) in [5, 5.41) is 2.63. The molecule has 132 valence electrons. The second kappa shape index (κ2) is 6.75. The predicted octanol–water partition coefficient (Wildman–Crippen LogP) is 2.46. The maximum absolute atomic E-state index is 12.5. The first-order valence-corrected chi connectivity index (χ1v) is 7.29. The van der Waals surface area contributed by atoms with Gasteiger partial charge in [-0.25, -0.2) is 9.97 Å². The van der Waals surface area contributed by atoms with Gasteiger partial charge in [-0.1, -0.05) is 6.07 Å². The van der Waals surface area contributed by atoms with Crippen molar-refractivity contribution in [1.82, 2.24) is 15.0 Å². The first-order valence-electron chi connectivity index (χ1n) is 7.29. The molecule has 8 nitrogen and oxygen atoms in total. The molecular weight excluding hydrogens is 320 g/mol. The molecule has 0 aliphatic rings. The monoisotopic (exact) mass is 342 g/mol. The van der Waals surface area contributed by atoms with Crippen LogP contribution in [0, 0.1) is 0 Å². The second-order valence-corrected chi connectivity index (χ2v) is 5.13. The highest BCUT2D eigenvalue weighted by molar-refractivity contribution is 6.06. The molecule has 2 amide bonds. The Labute approximate surface area is 148 Å². The van der Waals surface area contributed by atoms with E-state index in [2.05, 4.69) is 20.3 Å². The number of amides is 2. The molecule has 1 aromatic carbocycles. The summed E-state index contributed by atoms with van der Waals surface area (Å²) < 4.78 is 0. The third-order valence-corrected chi connectivity index (χ3v) is 3.38. The van der Waals surface area contributed by atoms with Crippen LogP contribution in [0.25, 0.3) is 11.3 Å². The molecule has 5 N–H and O–H groups in total. The number of pyridine rings is 1. The van der Waals surface area contributed by atoms with Gasteiger partial charge < -0.3 is 16.8 Å². The Bertz CT molecular complexity index is 960. The highest BCUT2D eigenvalue weighted by Crippen LogP contribution is 2.18. The standard InChI is InChI=1S/C17H14N6O2.4H2/c18-15-14(23-13(9-21-15)11-4-2-6-20-8-11)17(25)22-12-5-1-3-10(7-12)16(19)24;;;;/h1-9H,(H2,18,21)(H2,19,24)(H,22,25);4*1H. The number of primary amides is 1. The largest absolute Gasteiger partial charge is 0.382 e. The van der Waals surface area contributed by atoms with Gasteiger partial charge in [0, 0.05) is 34.9 Å². The second-order valence-electron chi connectivity index (χ2n) is 5.13. The van der Waals surface area contributed by atoms with Crippen molar-refractivity contribution in [2.24, 2.45) is 5.73 Å². The van der Waals surface area contributed by atoms with Crippen molar-refractivity contribution in [1.29, 1.82) is 0 Å². The number of hydrogen-bond donors (Lipinski definition) is 3. The van der Waals surface area contributed by atoms with Crippen molar-refractivity contribution < 1.29 is 15.3 Å². The van der Waals surface area contributed by atoms with Gasteiger partial charge in [0.15, 0.2) is 11.5 Å². The van der Waals surface area contributed by atoms with E-state index in [9.17, 15) is 9.59 Å². The van der Waals surface area contributed by atoms with Crippen molar-refractivity contribution >= 4 is 23.3 Å². The lowest BCUT2D eigenvalue weighted by molar-refractivity contribution is 0.0995. The fourth-order valence-corrected chi connectivity index (χ4v) is 2.16. The number of carbonyl (C=O) groups excluding carboxylic acids is 2. The Hall–Kier alpha value is -3.81. The normalized spacial score (nSPS) is 10.2. The van der Waals surface area contributed by atoms with Gasteiger partial charge in [-0.05, 0) is 30.3 Å². The summed E-state index contributed by atoms with van der Waals surface area (Å²) in [6.45, 7) is 0. The van der Waals surface area contributed by atoms with Crippen LogP contribution in [0.15, 0.2) is 55.0 Å². The minimum absolute atomic E-state index is 0. The van der Waals surface area contributed by atoms with Crippen LogP contribution in [0.2, 0.25) is 0 Å². The number of hydrogen-bond acceptors (Lipinski definition) is 6. The molecule has 0 spiro atoms. The third-order valence-electron chi connectivity index (χ3n) is 3.38. The molecule has 0 bridgehead atoms. The van der Waals surface area contributed by atoms with Crippen LogP contribution >= 0.6 is 0 Å². The summed E-state index contributed by atoms with van der Waals surface area (Å²) in [6, 6.07) is 9.80. The molecule has 0 atom stereocenters. The molecule has 8 heteroatoms. The molecule has 0 fully saturated rings. The van der Waals surface area contributed by atoms with E-state index in [0.717, 1.165) is 0 Å². The van der Waals surface area contributed by atoms with Crippen LogP contribution in [0.1, 0.15) is 26.6 Å². The van der Waals surface area contributed by atoms with Gasteiger partial charge in [-0.3, -0.25) is 14.6 Å². The number of rotatable bonds is 4. The van der Waals surface area contributed by atoms with E-state index in [1.807, 2.05) is 0 Å². The zero-order valence-corrected chi connectivity index (χ0v) is 13.0. The lowest BCUT2D eigenvalue weighted by Gasteiger charge is -2.09. The van der Waals surface area contributed by atoms with Crippen LogP contribution in [-0.2, 0) is 0 Å². The van der Waals surface area contributed by atoms with Crippen LogP contribution in [-0.4, -0.2) is 26.8 Å². The molecule has 25 heavy (non-hydrogen) atoms. The van der Waals surface area contributed by atoms with Crippen molar-refractivity contribution in [3.63, 3.8) is 0 Å². The Kier molecular flexibility index (Phi) is 4.34. The van der Waals surface area contributed by atoms with E-state index in [-0.39, 0.29) is 22.8 Å². The van der Waals surface area contributed by atoms with E-state index in [0.29, 0.717) is 16.9 Å². The minimum atomic E-state index is -0.589. The topological polar surface area (TPSA) is 137 Å². The van der Waals surface area contributed by atoms with Crippen LogP contribution in [0.4, 0.5) is 11.5 Å². The van der Waals surface area contributed by atoms with Crippen molar-refractivity contribution in [3.05, 3.63) is 66.2 Å². The van der Waals surface area contributed by atoms with E-state index in [4.69, 9.17) is 11.5 Å². The fourth-order valence-electron chi connectivity index (χ4n) is 2.16. The molecule has 3 rings (SSSR count). The Morgan fingerprint density at radius 1 is 1.12 bits per heavy atom. The lowest BCUT2D eigenvalue weighted by Crippen LogP contribution is -2.18. The molecule has 0 aliphatic heterocycles. The Morgan fingerprint density at radius 3 is 2.68 bits per heavy atom. The maximum atomic E-state index is 12.5. The zero-order valence-electron chi connectivity index (χ0n) is 13.0. The average Bonchev–Trinajstić information content (AvgIpc) is 2.63. The summed E-state index contributed by atoms with van der Waals surface area (Å²) in [4.78, 5) is 36.0. The van der Waals surface area contributed by atoms with E-state index >= 15 is 0 Å². The minimum Gasteiger partial charge on any atom is -0.382 e. The van der Waals surface area contributed by atoms with Gasteiger partial charge in [-0.2, -0.15) is 0 Å². The number of nitrogens with one attached hydrogen (secondary N) is 1. The highest BCUT2D eigenvalue weighted by Gasteiger charge is 2.15. The van der Waals surface area contributed by atoms with E-state index < -0.39 is 11.8 Å². The first kappa shape index (κ1) is 16.1. The summed E-state index contributed by atoms with van der Waals surface area (Å²) in [6.07, 6.45) is 4.71. The van der Waals surface area contributed by atoms with Gasteiger partial charge in [0.05, 0.1) is 11.9 Å². The average molecular weight is 342 g/mol. The molecular formula is C17H22N6O2. The van der Waals surface area contributed by atoms with Crippen molar-refractivity contribution in [3.8, 4) is 11.3 Å². The Morgan fingerprint density at radius 2 is 1.96 bits per heavy atom. The van der Waals surface area contributed by atoms with Gasteiger partial charge in [0.2, 0.25) is 5.91 Å². The van der Waals surface area contributed by atoms with E-state index in [1.54, 1.807) is 42.7 Å². The zero-order chi connectivity index (χ0) is 17.8. The van der Waals surface area contributed by atoms with Crippen molar-refractivity contribution in [2.45, 2.75) is 0 Å².